The van der Waals surface area contributed by atoms with Gasteiger partial charge in [0.25, 0.3) is 0 Å². The summed E-state index contributed by atoms with van der Waals surface area (Å²) in [6.07, 6.45) is 5.10. The first-order valence-electron chi connectivity index (χ1n) is 8.59. The smallest absolute Gasteiger partial charge is 0.00968 e. The Hall–Kier alpha value is -0.820. The Morgan fingerprint density at radius 2 is 1.67 bits per heavy atom. The number of hydrogen-bond donors (Lipinski definition) is 1. The van der Waals surface area contributed by atoms with Crippen LogP contribution in [0.1, 0.15) is 72.8 Å². The van der Waals surface area contributed by atoms with E-state index in [1.54, 1.807) is 0 Å². The van der Waals surface area contributed by atoms with Crippen molar-refractivity contribution in [2.45, 2.75) is 78.2 Å². The molecule has 0 saturated heterocycles. The number of benzene rings is 1. The van der Waals surface area contributed by atoms with Crippen LogP contribution in [0.2, 0.25) is 0 Å². The molecule has 0 fully saturated rings. The Morgan fingerprint density at radius 3 is 2.14 bits per heavy atom. The quantitative estimate of drug-likeness (QED) is 0.661. The van der Waals surface area contributed by atoms with Crippen LogP contribution in [0.25, 0.3) is 0 Å². The summed E-state index contributed by atoms with van der Waals surface area (Å²) in [4.78, 5) is 0. The monoisotopic (exact) mass is 289 g/mol. The molecule has 0 aliphatic rings. The molecule has 1 aromatic rings. The van der Waals surface area contributed by atoms with Gasteiger partial charge in [-0.1, -0.05) is 63.9 Å². The topological polar surface area (TPSA) is 12.0 Å². The predicted molar refractivity (Wildman–Crippen MR) is 94.9 cm³/mol. The third kappa shape index (κ3) is 6.22. The normalized spacial score (nSPS) is 15.2. The van der Waals surface area contributed by atoms with Gasteiger partial charge in [0.15, 0.2) is 0 Å². The minimum absolute atomic E-state index is 0.174. The van der Waals surface area contributed by atoms with Crippen LogP contribution in [-0.4, -0.2) is 12.1 Å². The van der Waals surface area contributed by atoms with Gasteiger partial charge in [-0.3, -0.25) is 0 Å². The second kappa shape index (κ2) is 7.98. The molecule has 0 aliphatic heterocycles. The summed E-state index contributed by atoms with van der Waals surface area (Å²) in [6.45, 7) is 14.8. The van der Waals surface area contributed by atoms with Crippen LogP contribution in [0.4, 0.5) is 0 Å². The molecule has 0 bridgehead atoms. The molecule has 0 aromatic heterocycles. The van der Waals surface area contributed by atoms with Crippen molar-refractivity contribution in [1.29, 1.82) is 0 Å². The average molecular weight is 290 g/mol. The Balaban J connectivity index is 2.90. The molecule has 120 valence electrons. The van der Waals surface area contributed by atoms with Crippen molar-refractivity contribution in [2.24, 2.45) is 5.92 Å². The first-order chi connectivity index (χ1) is 9.79. The molecule has 0 aliphatic carbocycles. The molecule has 0 spiro atoms. The van der Waals surface area contributed by atoms with E-state index in [0.717, 1.165) is 12.5 Å². The third-order valence-electron chi connectivity index (χ3n) is 4.46. The molecule has 0 amide bonds. The first-order valence-corrected chi connectivity index (χ1v) is 8.59. The Morgan fingerprint density at radius 1 is 1.05 bits per heavy atom. The summed E-state index contributed by atoms with van der Waals surface area (Å²) in [7, 11) is 0. The van der Waals surface area contributed by atoms with Gasteiger partial charge in [0.05, 0.1) is 0 Å². The molecule has 1 N–H and O–H groups in total. The van der Waals surface area contributed by atoms with Gasteiger partial charge in [-0.15, -0.1) is 0 Å². The molecular formula is C20H35N. The van der Waals surface area contributed by atoms with Crippen LogP contribution >= 0.6 is 0 Å². The standard InChI is InChI=1S/C20H35N/c1-7-20(15-11-12-17(2)3,16-21-19(4,5)6)18-13-9-8-10-14-18/h8-10,13-14,17,21H,7,11-12,15-16H2,1-6H3. The molecule has 0 heterocycles. The van der Waals surface area contributed by atoms with E-state index < -0.39 is 0 Å². The highest BCUT2D eigenvalue weighted by Crippen LogP contribution is 2.34. The summed E-state index contributed by atoms with van der Waals surface area (Å²) >= 11 is 0. The molecule has 1 rings (SSSR count). The fraction of sp³-hybridized carbons (Fsp3) is 0.700. The van der Waals surface area contributed by atoms with E-state index in [1.165, 1.54) is 31.2 Å². The second-order valence-corrected chi connectivity index (χ2v) is 7.89. The van der Waals surface area contributed by atoms with Gasteiger partial charge >= 0.3 is 0 Å². The van der Waals surface area contributed by atoms with Gasteiger partial charge in [-0.05, 0) is 45.1 Å². The third-order valence-corrected chi connectivity index (χ3v) is 4.46. The van der Waals surface area contributed by atoms with E-state index >= 15 is 0 Å². The molecule has 1 heteroatoms. The summed E-state index contributed by atoms with van der Waals surface area (Å²) in [6, 6.07) is 11.1. The largest absolute Gasteiger partial charge is 0.311 e. The molecular weight excluding hydrogens is 254 g/mol. The Kier molecular flexibility index (Phi) is 6.93. The highest BCUT2D eigenvalue weighted by Gasteiger charge is 2.31. The Bertz CT molecular complexity index is 388. The van der Waals surface area contributed by atoms with Crippen molar-refractivity contribution >= 4 is 0 Å². The van der Waals surface area contributed by atoms with Gasteiger partial charge in [0.1, 0.15) is 0 Å². The second-order valence-electron chi connectivity index (χ2n) is 7.89. The fourth-order valence-corrected chi connectivity index (χ4v) is 2.92. The van der Waals surface area contributed by atoms with Crippen LogP contribution in [0.15, 0.2) is 30.3 Å². The molecule has 0 saturated carbocycles. The van der Waals surface area contributed by atoms with Gasteiger partial charge < -0.3 is 5.32 Å². The maximum absolute atomic E-state index is 3.75. The SMILES string of the molecule is CCC(CCCC(C)C)(CNC(C)(C)C)c1ccccc1. The first kappa shape index (κ1) is 18.2. The lowest BCUT2D eigenvalue weighted by atomic mass is 9.73. The molecule has 1 nitrogen and oxygen atoms in total. The van der Waals surface area contributed by atoms with Crippen molar-refractivity contribution in [2.75, 3.05) is 6.54 Å². The van der Waals surface area contributed by atoms with Crippen molar-refractivity contribution in [3.05, 3.63) is 35.9 Å². The fourth-order valence-electron chi connectivity index (χ4n) is 2.92. The zero-order valence-corrected chi connectivity index (χ0v) is 15.0. The lowest BCUT2D eigenvalue weighted by molar-refractivity contribution is 0.292. The molecule has 1 aromatic carbocycles. The predicted octanol–water partition coefficient (Wildman–Crippen LogP) is 5.55. The van der Waals surface area contributed by atoms with Crippen LogP contribution in [0.3, 0.4) is 0 Å². The van der Waals surface area contributed by atoms with Gasteiger partial charge in [-0.25, -0.2) is 0 Å². The van der Waals surface area contributed by atoms with E-state index in [0.29, 0.717) is 0 Å². The zero-order chi connectivity index (χ0) is 15.9. The van der Waals surface area contributed by atoms with E-state index in [4.69, 9.17) is 0 Å². The van der Waals surface area contributed by atoms with E-state index in [1.807, 2.05) is 0 Å². The van der Waals surface area contributed by atoms with Crippen LogP contribution < -0.4 is 5.32 Å². The van der Waals surface area contributed by atoms with Gasteiger partial charge in [0.2, 0.25) is 0 Å². The zero-order valence-electron chi connectivity index (χ0n) is 15.0. The molecule has 0 radical (unpaired) electrons. The van der Waals surface area contributed by atoms with Crippen molar-refractivity contribution in [3.63, 3.8) is 0 Å². The highest BCUT2D eigenvalue weighted by atomic mass is 15.0. The minimum atomic E-state index is 0.174. The van der Waals surface area contributed by atoms with Crippen LogP contribution in [0, 0.1) is 5.92 Å². The van der Waals surface area contributed by atoms with E-state index in [-0.39, 0.29) is 11.0 Å². The maximum Gasteiger partial charge on any atom is 0.00968 e. The van der Waals surface area contributed by atoms with Gasteiger partial charge in [-0.2, -0.15) is 0 Å². The molecule has 1 unspecified atom stereocenters. The lowest BCUT2D eigenvalue weighted by Crippen LogP contribution is -2.46. The molecule has 1 atom stereocenters. The van der Waals surface area contributed by atoms with Crippen LogP contribution in [0.5, 0.6) is 0 Å². The van der Waals surface area contributed by atoms with Crippen molar-refractivity contribution < 1.29 is 0 Å². The van der Waals surface area contributed by atoms with E-state index in [9.17, 15) is 0 Å². The van der Waals surface area contributed by atoms with E-state index in [2.05, 4.69) is 77.2 Å². The van der Waals surface area contributed by atoms with Crippen molar-refractivity contribution in [3.8, 4) is 0 Å². The van der Waals surface area contributed by atoms with Gasteiger partial charge in [0, 0.05) is 17.5 Å². The number of rotatable bonds is 8. The number of nitrogens with one attached hydrogen (secondary N) is 1. The lowest BCUT2D eigenvalue weighted by Gasteiger charge is -2.37. The summed E-state index contributed by atoms with van der Waals surface area (Å²) in [5.74, 6) is 0.797. The Labute approximate surface area is 132 Å². The van der Waals surface area contributed by atoms with Crippen LogP contribution in [-0.2, 0) is 5.41 Å². The summed E-state index contributed by atoms with van der Waals surface area (Å²) < 4.78 is 0. The molecule has 21 heavy (non-hydrogen) atoms. The number of hydrogen-bond acceptors (Lipinski definition) is 1. The average Bonchev–Trinajstić information content (AvgIpc) is 2.42. The highest BCUT2D eigenvalue weighted by molar-refractivity contribution is 5.26. The summed E-state index contributed by atoms with van der Waals surface area (Å²) in [5.41, 5.74) is 1.93. The maximum atomic E-state index is 3.75. The van der Waals surface area contributed by atoms with Crippen molar-refractivity contribution in [1.82, 2.24) is 5.32 Å². The minimum Gasteiger partial charge on any atom is -0.311 e. The summed E-state index contributed by atoms with van der Waals surface area (Å²) in [5, 5.41) is 3.75.